The number of carbonyl (C=O) groups excluding carboxylic acids is 1. The second kappa shape index (κ2) is 6.86. The van der Waals surface area contributed by atoms with Crippen molar-refractivity contribution in [3.63, 3.8) is 0 Å². The van der Waals surface area contributed by atoms with E-state index >= 15 is 0 Å². The number of benzene rings is 1. The van der Waals surface area contributed by atoms with Crippen LogP contribution in [0, 0.1) is 6.92 Å². The maximum absolute atomic E-state index is 12.2. The van der Waals surface area contributed by atoms with Crippen molar-refractivity contribution in [2.75, 3.05) is 6.54 Å². The molecule has 126 valence electrons. The minimum Gasteiger partial charge on any atom is -0.480 e. The van der Waals surface area contributed by atoms with E-state index in [4.69, 9.17) is 9.52 Å². The van der Waals surface area contributed by atoms with Crippen LogP contribution in [0.3, 0.4) is 0 Å². The van der Waals surface area contributed by atoms with Crippen molar-refractivity contribution in [2.24, 2.45) is 0 Å². The summed E-state index contributed by atoms with van der Waals surface area (Å²) in [6.07, 6.45) is 3.49. The van der Waals surface area contributed by atoms with Gasteiger partial charge in [0.15, 0.2) is 11.7 Å². The number of aryl methyl sites for hydroxylation is 2. The summed E-state index contributed by atoms with van der Waals surface area (Å²) in [4.78, 5) is 29.1. The van der Waals surface area contributed by atoms with Crippen molar-refractivity contribution in [3.8, 4) is 11.3 Å². The summed E-state index contributed by atoms with van der Waals surface area (Å²) >= 11 is 0. The minimum atomic E-state index is -0.932. The zero-order valence-corrected chi connectivity index (χ0v) is 13.6. The normalized spacial score (nSPS) is 17.2. The minimum absolute atomic E-state index is 0.157. The van der Waals surface area contributed by atoms with Gasteiger partial charge in [-0.1, -0.05) is 29.8 Å². The molecular formula is C18H20N2O4. The van der Waals surface area contributed by atoms with Gasteiger partial charge < -0.3 is 14.4 Å². The molecule has 6 nitrogen and oxygen atoms in total. The van der Waals surface area contributed by atoms with E-state index in [2.05, 4.69) is 4.98 Å². The van der Waals surface area contributed by atoms with Gasteiger partial charge in [-0.2, -0.15) is 0 Å². The number of nitrogens with zero attached hydrogens (tertiary/aromatic N) is 2. The Hall–Kier alpha value is -2.63. The molecule has 24 heavy (non-hydrogen) atoms. The molecule has 0 spiro atoms. The summed E-state index contributed by atoms with van der Waals surface area (Å²) in [6, 6.07) is 7.24. The van der Waals surface area contributed by atoms with E-state index in [0.29, 0.717) is 31.0 Å². The van der Waals surface area contributed by atoms with Crippen LogP contribution in [0.2, 0.25) is 0 Å². The number of rotatable bonds is 5. The first-order valence-electron chi connectivity index (χ1n) is 8.08. The summed E-state index contributed by atoms with van der Waals surface area (Å²) in [6.45, 7) is 2.53. The van der Waals surface area contributed by atoms with Crippen LogP contribution in [0.25, 0.3) is 11.3 Å². The van der Waals surface area contributed by atoms with Gasteiger partial charge in [0, 0.05) is 24.9 Å². The molecule has 1 aromatic heterocycles. The average Bonchev–Trinajstić information content (AvgIpc) is 3.22. The van der Waals surface area contributed by atoms with Gasteiger partial charge in [0.05, 0.1) is 6.20 Å². The number of carbonyl (C=O) groups is 2. The fraction of sp³-hybridized carbons (Fsp3) is 0.389. The lowest BCUT2D eigenvalue weighted by Crippen LogP contribution is -2.40. The van der Waals surface area contributed by atoms with Crippen LogP contribution >= 0.6 is 0 Å². The number of likely N-dealkylation sites (tertiary alicyclic amines) is 1. The van der Waals surface area contributed by atoms with Crippen molar-refractivity contribution >= 4 is 11.9 Å². The highest BCUT2D eigenvalue weighted by molar-refractivity contribution is 5.84. The molecule has 2 heterocycles. The third-order valence-corrected chi connectivity index (χ3v) is 4.30. The smallest absolute Gasteiger partial charge is 0.326 e. The molecule has 0 saturated carbocycles. The van der Waals surface area contributed by atoms with E-state index in [1.807, 2.05) is 31.2 Å². The van der Waals surface area contributed by atoms with Crippen LogP contribution in [0.15, 0.2) is 34.9 Å². The van der Waals surface area contributed by atoms with Crippen LogP contribution in [0.4, 0.5) is 0 Å². The Morgan fingerprint density at radius 3 is 2.79 bits per heavy atom. The van der Waals surface area contributed by atoms with Crippen molar-refractivity contribution in [1.82, 2.24) is 9.88 Å². The summed E-state index contributed by atoms with van der Waals surface area (Å²) < 4.78 is 5.70. The molecule has 1 aliphatic heterocycles. The van der Waals surface area contributed by atoms with Gasteiger partial charge in [0.2, 0.25) is 5.91 Å². The lowest BCUT2D eigenvalue weighted by molar-refractivity contribution is -0.148. The van der Waals surface area contributed by atoms with Gasteiger partial charge in [-0.05, 0) is 19.8 Å². The summed E-state index contributed by atoms with van der Waals surface area (Å²) in [5.74, 6) is 0.0700. The van der Waals surface area contributed by atoms with Crippen LogP contribution < -0.4 is 0 Å². The van der Waals surface area contributed by atoms with Gasteiger partial charge in [-0.15, -0.1) is 0 Å². The molecule has 1 fully saturated rings. The molecule has 1 amide bonds. The number of hydrogen-bond donors (Lipinski definition) is 1. The molecule has 1 aromatic carbocycles. The van der Waals surface area contributed by atoms with Gasteiger partial charge in [0.25, 0.3) is 0 Å². The Balaban J connectivity index is 1.60. The highest BCUT2D eigenvalue weighted by atomic mass is 16.4. The molecule has 1 aliphatic rings. The number of aliphatic carboxylic acids is 1. The fourth-order valence-electron chi connectivity index (χ4n) is 2.96. The standard InChI is InChI=1S/C18H20N2O4/c1-12-4-6-13(7-5-12)15-11-19-16(24-15)8-9-17(21)20-10-2-3-14(20)18(22)23/h4-7,11,14H,2-3,8-10H2,1H3,(H,22,23)/t14-/m0/s1. The van der Waals surface area contributed by atoms with Gasteiger partial charge in [-0.3, -0.25) is 4.79 Å². The van der Waals surface area contributed by atoms with E-state index in [-0.39, 0.29) is 12.3 Å². The number of hydrogen-bond acceptors (Lipinski definition) is 4. The first-order valence-corrected chi connectivity index (χ1v) is 8.08. The van der Waals surface area contributed by atoms with E-state index < -0.39 is 12.0 Å². The molecule has 0 aliphatic carbocycles. The third kappa shape index (κ3) is 3.48. The van der Waals surface area contributed by atoms with Gasteiger partial charge >= 0.3 is 5.97 Å². The summed E-state index contributed by atoms with van der Waals surface area (Å²) in [7, 11) is 0. The lowest BCUT2D eigenvalue weighted by Gasteiger charge is -2.20. The second-order valence-electron chi connectivity index (χ2n) is 6.07. The molecule has 1 atom stereocenters. The number of carboxylic acid groups (broad SMARTS) is 1. The predicted octanol–water partition coefficient (Wildman–Crippen LogP) is 2.66. The van der Waals surface area contributed by atoms with Crippen LogP contribution in [-0.2, 0) is 16.0 Å². The number of carboxylic acids is 1. The quantitative estimate of drug-likeness (QED) is 0.912. The largest absolute Gasteiger partial charge is 0.480 e. The maximum atomic E-state index is 12.2. The third-order valence-electron chi connectivity index (χ3n) is 4.30. The molecule has 0 radical (unpaired) electrons. The molecular weight excluding hydrogens is 308 g/mol. The Morgan fingerprint density at radius 1 is 1.33 bits per heavy atom. The van der Waals surface area contributed by atoms with Gasteiger partial charge in [0.1, 0.15) is 6.04 Å². The fourth-order valence-corrected chi connectivity index (χ4v) is 2.96. The summed E-state index contributed by atoms with van der Waals surface area (Å²) in [5, 5.41) is 9.14. The van der Waals surface area contributed by atoms with E-state index in [1.165, 1.54) is 10.5 Å². The molecule has 6 heteroatoms. The topological polar surface area (TPSA) is 83.6 Å². The molecule has 1 N–H and O–H groups in total. The molecule has 0 unspecified atom stereocenters. The molecule has 3 rings (SSSR count). The van der Waals surface area contributed by atoms with Crippen molar-refractivity contribution in [3.05, 3.63) is 41.9 Å². The van der Waals surface area contributed by atoms with Crippen LogP contribution in [0.1, 0.15) is 30.7 Å². The first-order chi connectivity index (χ1) is 11.5. The zero-order valence-electron chi connectivity index (χ0n) is 13.6. The number of amides is 1. The lowest BCUT2D eigenvalue weighted by atomic mass is 10.1. The average molecular weight is 328 g/mol. The van der Waals surface area contributed by atoms with Crippen molar-refractivity contribution in [2.45, 2.75) is 38.6 Å². The number of oxazole rings is 1. The molecule has 1 saturated heterocycles. The highest BCUT2D eigenvalue weighted by Crippen LogP contribution is 2.22. The molecule has 2 aromatic rings. The first kappa shape index (κ1) is 16.2. The second-order valence-corrected chi connectivity index (χ2v) is 6.07. The zero-order chi connectivity index (χ0) is 17.1. The Labute approximate surface area is 140 Å². The highest BCUT2D eigenvalue weighted by Gasteiger charge is 2.33. The van der Waals surface area contributed by atoms with E-state index in [9.17, 15) is 9.59 Å². The van der Waals surface area contributed by atoms with Crippen LogP contribution in [0.5, 0.6) is 0 Å². The monoisotopic (exact) mass is 328 g/mol. The Bertz CT molecular complexity index is 736. The molecule has 0 bridgehead atoms. The Kier molecular flexibility index (Phi) is 4.64. The summed E-state index contributed by atoms with van der Waals surface area (Å²) in [5.41, 5.74) is 2.11. The predicted molar refractivity (Wildman–Crippen MR) is 87.4 cm³/mol. The maximum Gasteiger partial charge on any atom is 0.326 e. The Morgan fingerprint density at radius 2 is 2.08 bits per heavy atom. The number of aromatic nitrogens is 1. The van der Waals surface area contributed by atoms with Gasteiger partial charge in [-0.25, -0.2) is 9.78 Å². The van der Waals surface area contributed by atoms with E-state index in [1.54, 1.807) is 6.20 Å². The van der Waals surface area contributed by atoms with E-state index in [0.717, 1.165) is 12.0 Å². The SMILES string of the molecule is Cc1ccc(-c2cnc(CCC(=O)N3CCC[C@H]3C(=O)O)o2)cc1. The van der Waals surface area contributed by atoms with Crippen LogP contribution in [-0.4, -0.2) is 39.5 Å². The van der Waals surface area contributed by atoms with Crippen molar-refractivity contribution < 1.29 is 19.1 Å². The van der Waals surface area contributed by atoms with Crippen molar-refractivity contribution in [1.29, 1.82) is 0 Å².